The van der Waals surface area contributed by atoms with Crippen molar-refractivity contribution in [2.75, 3.05) is 14.1 Å². The molecule has 0 saturated heterocycles. The molecule has 0 unspecified atom stereocenters. The van der Waals surface area contributed by atoms with Crippen LogP contribution in [0.2, 0.25) is 0 Å². The Balaban J connectivity index is 3.21. The van der Waals surface area contributed by atoms with E-state index in [0.717, 1.165) is 6.42 Å². The van der Waals surface area contributed by atoms with Gasteiger partial charge in [-0.15, -0.1) is 0 Å². The van der Waals surface area contributed by atoms with Crippen LogP contribution in [0.15, 0.2) is 12.3 Å². The minimum Gasteiger partial charge on any atom is -0.319 e. The average molecular weight is 114 g/mol. The molecule has 2 nitrogen and oxygen atoms in total. The zero-order valence-electron chi connectivity index (χ0n) is 5.81. The van der Waals surface area contributed by atoms with Gasteiger partial charge in [0.15, 0.2) is 0 Å². The summed E-state index contributed by atoms with van der Waals surface area (Å²) in [7, 11) is 3.85. The third kappa shape index (κ3) is 3.68. The van der Waals surface area contributed by atoms with Gasteiger partial charge in [0.25, 0.3) is 0 Å². The molecule has 0 heterocycles. The van der Waals surface area contributed by atoms with E-state index in [1.807, 2.05) is 25.3 Å². The number of nitrogens with one attached hydrogen (secondary N) is 1. The van der Waals surface area contributed by atoms with Crippen molar-refractivity contribution in [3.05, 3.63) is 12.3 Å². The normalized spacial score (nSPS) is 10.4. The zero-order valence-corrected chi connectivity index (χ0v) is 5.81. The topological polar surface area (TPSA) is 15.3 Å². The van der Waals surface area contributed by atoms with Crippen molar-refractivity contribution >= 4 is 0 Å². The number of hydrogen-bond donors (Lipinski definition) is 1. The predicted molar refractivity (Wildman–Crippen MR) is 36.3 cm³/mol. The van der Waals surface area contributed by atoms with E-state index in [9.17, 15) is 0 Å². The van der Waals surface area contributed by atoms with Crippen LogP contribution in [0.1, 0.15) is 13.3 Å². The van der Waals surface area contributed by atoms with Crippen LogP contribution in [0.3, 0.4) is 0 Å². The fraction of sp³-hybridized carbons (Fsp3) is 0.667. The molecule has 0 aliphatic rings. The first-order valence-electron chi connectivity index (χ1n) is 2.88. The fourth-order valence-corrected chi connectivity index (χ4v) is 0.338. The summed E-state index contributed by atoms with van der Waals surface area (Å²) in [5.41, 5.74) is 2.95. The number of rotatable bonds is 3. The summed E-state index contributed by atoms with van der Waals surface area (Å²) in [6.07, 6.45) is 5.18. The molecule has 1 N–H and O–H groups in total. The SMILES string of the molecule is CC/C=C\N(C)NC. The molecule has 0 amide bonds. The molecule has 0 aliphatic carbocycles. The zero-order chi connectivity index (χ0) is 6.41. The Morgan fingerprint density at radius 2 is 2.25 bits per heavy atom. The molecular formula is C6H14N2. The van der Waals surface area contributed by atoms with E-state index < -0.39 is 0 Å². The quantitative estimate of drug-likeness (QED) is 0.550. The second-order valence-electron chi connectivity index (χ2n) is 1.63. The van der Waals surface area contributed by atoms with Gasteiger partial charge >= 0.3 is 0 Å². The molecule has 8 heavy (non-hydrogen) atoms. The highest BCUT2D eigenvalue weighted by Gasteiger charge is 1.76. The summed E-state index contributed by atoms with van der Waals surface area (Å²) in [6, 6.07) is 0. The highest BCUT2D eigenvalue weighted by molar-refractivity contribution is 4.76. The molecule has 0 rings (SSSR count). The second-order valence-corrected chi connectivity index (χ2v) is 1.63. The molecule has 0 aliphatic heterocycles. The van der Waals surface area contributed by atoms with Crippen molar-refractivity contribution in [2.24, 2.45) is 0 Å². The molecule has 0 bridgehead atoms. The van der Waals surface area contributed by atoms with E-state index in [-0.39, 0.29) is 0 Å². The van der Waals surface area contributed by atoms with Crippen LogP contribution in [-0.2, 0) is 0 Å². The summed E-state index contributed by atoms with van der Waals surface area (Å²) in [5, 5.41) is 1.91. The lowest BCUT2D eigenvalue weighted by Crippen LogP contribution is -2.24. The minimum atomic E-state index is 1.09. The van der Waals surface area contributed by atoms with Gasteiger partial charge in [-0.3, -0.25) is 0 Å². The van der Waals surface area contributed by atoms with Crippen molar-refractivity contribution in [3.63, 3.8) is 0 Å². The van der Waals surface area contributed by atoms with E-state index in [0.29, 0.717) is 0 Å². The van der Waals surface area contributed by atoms with Gasteiger partial charge in [-0.1, -0.05) is 13.0 Å². The van der Waals surface area contributed by atoms with Gasteiger partial charge in [-0.05, 0) is 6.42 Å². The Hall–Kier alpha value is -0.500. The maximum absolute atomic E-state index is 2.95. The molecule has 0 atom stereocenters. The molecule has 0 aromatic carbocycles. The monoisotopic (exact) mass is 114 g/mol. The highest BCUT2D eigenvalue weighted by Crippen LogP contribution is 1.80. The van der Waals surface area contributed by atoms with Crippen LogP contribution < -0.4 is 5.43 Å². The molecule has 0 aromatic rings. The first kappa shape index (κ1) is 7.50. The molecule has 0 radical (unpaired) electrons. The molecule has 0 spiro atoms. The molecular weight excluding hydrogens is 100 g/mol. The maximum atomic E-state index is 2.95. The van der Waals surface area contributed by atoms with Crippen molar-refractivity contribution < 1.29 is 0 Å². The van der Waals surface area contributed by atoms with Crippen LogP contribution in [0.5, 0.6) is 0 Å². The first-order valence-corrected chi connectivity index (χ1v) is 2.88. The van der Waals surface area contributed by atoms with Crippen LogP contribution in [0, 0.1) is 0 Å². The lowest BCUT2D eigenvalue weighted by atomic mass is 10.5. The Morgan fingerprint density at radius 1 is 1.62 bits per heavy atom. The number of hydrogen-bond acceptors (Lipinski definition) is 2. The van der Waals surface area contributed by atoms with Gasteiger partial charge in [0.1, 0.15) is 0 Å². The molecule has 0 fully saturated rings. The molecule has 0 saturated carbocycles. The van der Waals surface area contributed by atoms with E-state index in [4.69, 9.17) is 0 Å². The van der Waals surface area contributed by atoms with Gasteiger partial charge in [0.2, 0.25) is 0 Å². The van der Waals surface area contributed by atoms with Crippen LogP contribution in [0.4, 0.5) is 0 Å². The first-order chi connectivity index (χ1) is 3.81. The van der Waals surface area contributed by atoms with E-state index in [1.165, 1.54) is 0 Å². The van der Waals surface area contributed by atoms with Crippen LogP contribution in [0.25, 0.3) is 0 Å². The van der Waals surface area contributed by atoms with Gasteiger partial charge in [0, 0.05) is 20.3 Å². The lowest BCUT2D eigenvalue weighted by molar-refractivity contribution is 0.364. The summed E-state index contributed by atoms with van der Waals surface area (Å²) in [6.45, 7) is 2.11. The Kier molecular flexibility index (Phi) is 4.36. The predicted octanol–water partition coefficient (Wildman–Crippen LogP) is 0.976. The standard InChI is InChI=1S/C6H14N2/c1-4-5-6-8(3)7-2/h5-7H,4H2,1-3H3/b6-5-. The van der Waals surface area contributed by atoms with E-state index >= 15 is 0 Å². The van der Waals surface area contributed by atoms with E-state index in [2.05, 4.69) is 18.4 Å². The van der Waals surface area contributed by atoms with E-state index in [1.54, 1.807) is 0 Å². The van der Waals surface area contributed by atoms with Gasteiger partial charge in [-0.25, -0.2) is 5.43 Å². The Labute approximate surface area is 51.2 Å². The second kappa shape index (κ2) is 4.65. The summed E-state index contributed by atoms with van der Waals surface area (Å²) in [5.74, 6) is 0. The fourth-order valence-electron chi connectivity index (χ4n) is 0.338. The highest BCUT2D eigenvalue weighted by atomic mass is 15.5. The smallest absolute Gasteiger partial charge is 0.0225 e. The third-order valence-electron chi connectivity index (χ3n) is 0.917. The summed E-state index contributed by atoms with van der Waals surface area (Å²) < 4.78 is 0. The van der Waals surface area contributed by atoms with Gasteiger partial charge in [0.05, 0.1) is 0 Å². The third-order valence-corrected chi connectivity index (χ3v) is 0.917. The van der Waals surface area contributed by atoms with Crippen molar-refractivity contribution in [2.45, 2.75) is 13.3 Å². The van der Waals surface area contributed by atoms with Gasteiger partial charge < -0.3 is 5.01 Å². The largest absolute Gasteiger partial charge is 0.319 e. The van der Waals surface area contributed by atoms with Crippen molar-refractivity contribution in [1.29, 1.82) is 0 Å². The van der Waals surface area contributed by atoms with Crippen LogP contribution >= 0.6 is 0 Å². The Morgan fingerprint density at radius 3 is 2.62 bits per heavy atom. The van der Waals surface area contributed by atoms with Crippen molar-refractivity contribution in [1.82, 2.24) is 10.4 Å². The molecule has 2 heteroatoms. The maximum Gasteiger partial charge on any atom is 0.0225 e. The summed E-state index contributed by atoms with van der Waals surface area (Å²) >= 11 is 0. The lowest BCUT2D eigenvalue weighted by Gasteiger charge is -2.09. The summed E-state index contributed by atoms with van der Waals surface area (Å²) in [4.78, 5) is 0. The Bertz CT molecular complexity index is 68.9. The van der Waals surface area contributed by atoms with Crippen molar-refractivity contribution in [3.8, 4) is 0 Å². The average Bonchev–Trinajstić information content (AvgIpc) is 1.83. The number of hydrazine groups is 1. The van der Waals surface area contributed by atoms with Crippen LogP contribution in [-0.4, -0.2) is 19.1 Å². The number of allylic oxidation sites excluding steroid dienone is 1. The van der Waals surface area contributed by atoms with Gasteiger partial charge in [-0.2, -0.15) is 0 Å². The molecule has 48 valence electrons. The molecule has 0 aromatic heterocycles. The number of nitrogens with zero attached hydrogens (tertiary/aromatic N) is 1. The minimum absolute atomic E-state index is 1.09.